The quantitative estimate of drug-likeness (QED) is 0.799. The SMILES string of the molecule is CCCNC(C1=CCCCO1)C1OCCC1C. The summed E-state index contributed by atoms with van der Waals surface area (Å²) in [4.78, 5) is 0. The fraction of sp³-hybridized carbons (Fsp3) is 0.857. The first-order valence-corrected chi connectivity index (χ1v) is 7.00. The summed E-state index contributed by atoms with van der Waals surface area (Å²) in [5.74, 6) is 1.74. The predicted molar refractivity (Wildman–Crippen MR) is 68.9 cm³/mol. The molecule has 2 aliphatic heterocycles. The highest BCUT2D eigenvalue weighted by Crippen LogP contribution is 2.28. The molecule has 1 saturated heterocycles. The summed E-state index contributed by atoms with van der Waals surface area (Å²) in [5, 5.41) is 3.59. The van der Waals surface area contributed by atoms with Crippen molar-refractivity contribution in [3.05, 3.63) is 11.8 Å². The second-order valence-electron chi connectivity index (χ2n) is 5.13. The van der Waals surface area contributed by atoms with Gasteiger partial charge in [0.05, 0.1) is 18.8 Å². The Bertz CT molecular complexity index is 265. The smallest absolute Gasteiger partial charge is 0.112 e. The minimum absolute atomic E-state index is 0.257. The molecule has 0 aromatic heterocycles. The largest absolute Gasteiger partial charge is 0.496 e. The maximum absolute atomic E-state index is 5.89. The summed E-state index contributed by atoms with van der Waals surface area (Å²) < 4.78 is 11.7. The first kappa shape index (κ1) is 12.9. The molecular weight excluding hydrogens is 214 g/mol. The lowest BCUT2D eigenvalue weighted by atomic mass is 9.95. The van der Waals surface area contributed by atoms with Gasteiger partial charge in [0.2, 0.25) is 0 Å². The second kappa shape index (κ2) is 6.41. The van der Waals surface area contributed by atoms with Crippen LogP contribution in [0.5, 0.6) is 0 Å². The summed E-state index contributed by atoms with van der Waals surface area (Å²) in [6, 6.07) is 0.257. The zero-order valence-corrected chi connectivity index (χ0v) is 11.1. The molecule has 0 saturated carbocycles. The maximum atomic E-state index is 5.89. The Balaban J connectivity index is 2.03. The van der Waals surface area contributed by atoms with Gasteiger partial charge in [-0.1, -0.05) is 13.8 Å². The van der Waals surface area contributed by atoms with Gasteiger partial charge in [-0.15, -0.1) is 0 Å². The molecule has 3 nitrogen and oxygen atoms in total. The molecule has 0 aromatic rings. The van der Waals surface area contributed by atoms with Gasteiger partial charge in [-0.2, -0.15) is 0 Å². The van der Waals surface area contributed by atoms with Crippen LogP contribution in [-0.2, 0) is 9.47 Å². The van der Waals surface area contributed by atoms with Gasteiger partial charge in [0.15, 0.2) is 0 Å². The van der Waals surface area contributed by atoms with E-state index in [4.69, 9.17) is 9.47 Å². The lowest BCUT2D eigenvalue weighted by Gasteiger charge is -2.30. The monoisotopic (exact) mass is 239 g/mol. The highest BCUT2D eigenvalue weighted by atomic mass is 16.5. The van der Waals surface area contributed by atoms with E-state index in [2.05, 4.69) is 25.2 Å². The molecule has 3 atom stereocenters. The minimum atomic E-state index is 0.257. The highest BCUT2D eigenvalue weighted by Gasteiger charge is 2.35. The molecule has 2 heterocycles. The molecule has 17 heavy (non-hydrogen) atoms. The van der Waals surface area contributed by atoms with Crippen molar-refractivity contribution in [1.82, 2.24) is 5.32 Å². The van der Waals surface area contributed by atoms with Crippen molar-refractivity contribution in [2.24, 2.45) is 5.92 Å². The third-order valence-corrected chi connectivity index (χ3v) is 3.66. The van der Waals surface area contributed by atoms with E-state index in [9.17, 15) is 0 Å². The van der Waals surface area contributed by atoms with Crippen LogP contribution in [0, 0.1) is 5.92 Å². The van der Waals surface area contributed by atoms with Crippen molar-refractivity contribution < 1.29 is 9.47 Å². The van der Waals surface area contributed by atoms with Crippen LogP contribution in [-0.4, -0.2) is 31.9 Å². The third-order valence-electron chi connectivity index (χ3n) is 3.66. The van der Waals surface area contributed by atoms with Crippen LogP contribution in [0.2, 0.25) is 0 Å². The average molecular weight is 239 g/mol. The second-order valence-corrected chi connectivity index (χ2v) is 5.13. The van der Waals surface area contributed by atoms with Crippen molar-refractivity contribution in [2.45, 2.75) is 51.7 Å². The van der Waals surface area contributed by atoms with Crippen LogP contribution >= 0.6 is 0 Å². The van der Waals surface area contributed by atoms with E-state index in [0.29, 0.717) is 5.92 Å². The van der Waals surface area contributed by atoms with Gasteiger partial charge in [-0.05, 0) is 44.2 Å². The Hall–Kier alpha value is -0.540. The van der Waals surface area contributed by atoms with Crippen molar-refractivity contribution in [3.63, 3.8) is 0 Å². The molecule has 0 aliphatic carbocycles. The molecular formula is C14H25NO2. The highest BCUT2D eigenvalue weighted by molar-refractivity contribution is 5.10. The number of ether oxygens (including phenoxy) is 2. The van der Waals surface area contributed by atoms with Gasteiger partial charge < -0.3 is 14.8 Å². The zero-order chi connectivity index (χ0) is 12.1. The fourth-order valence-electron chi connectivity index (χ4n) is 2.62. The van der Waals surface area contributed by atoms with Crippen LogP contribution in [0.25, 0.3) is 0 Å². The van der Waals surface area contributed by atoms with Crippen molar-refractivity contribution >= 4 is 0 Å². The van der Waals surface area contributed by atoms with Gasteiger partial charge in [0.25, 0.3) is 0 Å². The van der Waals surface area contributed by atoms with Gasteiger partial charge in [-0.3, -0.25) is 0 Å². The lowest BCUT2D eigenvalue weighted by Crippen LogP contribution is -2.45. The molecule has 0 spiro atoms. The molecule has 2 aliphatic rings. The predicted octanol–water partition coefficient (Wildman–Crippen LogP) is 2.47. The first-order chi connectivity index (χ1) is 8.33. The molecule has 0 bridgehead atoms. The van der Waals surface area contributed by atoms with E-state index in [-0.39, 0.29) is 12.1 Å². The van der Waals surface area contributed by atoms with E-state index in [1.165, 1.54) is 6.42 Å². The maximum Gasteiger partial charge on any atom is 0.112 e. The number of nitrogens with one attached hydrogen (secondary N) is 1. The molecule has 1 fully saturated rings. The van der Waals surface area contributed by atoms with Crippen LogP contribution in [0.1, 0.15) is 39.5 Å². The van der Waals surface area contributed by atoms with Crippen LogP contribution in [0.4, 0.5) is 0 Å². The van der Waals surface area contributed by atoms with Crippen molar-refractivity contribution in [3.8, 4) is 0 Å². The van der Waals surface area contributed by atoms with E-state index >= 15 is 0 Å². The molecule has 0 aromatic carbocycles. The van der Waals surface area contributed by atoms with E-state index in [0.717, 1.165) is 44.8 Å². The Morgan fingerprint density at radius 3 is 2.94 bits per heavy atom. The van der Waals surface area contributed by atoms with E-state index in [1.807, 2.05) is 0 Å². The van der Waals surface area contributed by atoms with E-state index < -0.39 is 0 Å². The molecule has 0 amide bonds. The molecule has 98 valence electrons. The zero-order valence-electron chi connectivity index (χ0n) is 11.1. The molecule has 0 radical (unpaired) electrons. The Morgan fingerprint density at radius 2 is 2.35 bits per heavy atom. The standard InChI is InChI=1S/C14H25NO2/c1-3-8-15-13(12-6-4-5-9-16-12)14-11(2)7-10-17-14/h6,11,13-15H,3-5,7-10H2,1-2H3. The van der Waals surface area contributed by atoms with Gasteiger partial charge in [0.1, 0.15) is 5.76 Å². The van der Waals surface area contributed by atoms with Gasteiger partial charge in [-0.25, -0.2) is 0 Å². The molecule has 2 rings (SSSR count). The van der Waals surface area contributed by atoms with Crippen LogP contribution in [0.3, 0.4) is 0 Å². The Labute approximate surface area is 105 Å². The average Bonchev–Trinajstić information content (AvgIpc) is 2.78. The Kier molecular flexibility index (Phi) is 4.86. The number of rotatable bonds is 5. The summed E-state index contributed by atoms with van der Waals surface area (Å²) in [7, 11) is 0. The first-order valence-electron chi connectivity index (χ1n) is 7.00. The van der Waals surface area contributed by atoms with Crippen LogP contribution < -0.4 is 5.32 Å². The lowest BCUT2D eigenvalue weighted by molar-refractivity contribution is 0.0444. The summed E-state index contributed by atoms with van der Waals surface area (Å²) in [6.45, 7) is 7.25. The molecule has 1 N–H and O–H groups in total. The van der Waals surface area contributed by atoms with Crippen LogP contribution in [0.15, 0.2) is 11.8 Å². The molecule has 3 heteroatoms. The number of hydrogen-bond donors (Lipinski definition) is 1. The summed E-state index contributed by atoms with van der Waals surface area (Å²) in [6.07, 6.45) is 7.12. The Morgan fingerprint density at radius 1 is 1.47 bits per heavy atom. The summed E-state index contributed by atoms with van der Waals surface area (Å²) >= 11 is 0. The topological polar surface area (TPSA) is 30.5 Å². The van der Waals surface area contributed by atoms with Gasteiger partial charge >= 0.3 is 0 Å². The number of hydrogen-bond acceptors (Lipinski definition) is 3. The van der Waals surface area contributed by atoms with Crippen molar-refractivity contribution in [1.29, 1.82) is 0 Å². The third kappa shape index (κ3) is 3.23. The summed E-state index contributed by atoms with van der Waals surface area (Å²) in [5.41, 5.74) is 0. The fourth-order valence-corrected chi connectivity index (χ4v) is 2.62. The number of allylic oxidation sites excluding steroid dienone is 1. The van der Waals surface area contributed by atoms with Crippen molar-refractivity contribution in [2.75, 3.05) is 19.8 Å². The normalized spacial score (nSPS) is 30.8. The van der Waals surface area contributed by atoms with Gasteiger partial charge in [0, 0.05) is 6.61 Å². The van der Waals surface area contributed by atoms with E-state index in [1.54, 1.807) is 0 Å². The molecule has 3 unspecified atom stereocenters. The minimum Gasteiger partial charge on any atom is -0.496 e.